The van der Waals surface area contributed by atoms with Gasteiger partial charge in [0.15, 0.2) is 0 Å². The number of nitrogens with two attached hydrogens (primary N) is 1. The van der Waals surface area contributed by atoms with E-state index in [1.807, 2.05) is 17.9 Å². The lowest BCUT2D eigenvalue weighted by atomic mass is 10.0. The number of carbonyl (C=O) groups is 2. The van der Waals surface area contributed by atoms with E-state index in [1.165, 1.54) is 4.90 Å². The van der Waals surface area contributed by atoms with E-state index in [-0.39, 0.29) is 24.3 Å². The molecule has 1 atom stereocenters. The number of halogens is 1. The Hall–Kier alpha value is -4.97. The minimum atomic E-state index is -0.970. The highest BCUT2D eigenvalue weighted by molar-refractivity contribution is 6.34. The molecule has 41 heavy (non-hydrogen) atoms. The molecule has 1 saturated heterocycles. The number of nitrogens with zero attached hydrogens (tertiary/aromatic N) is 7. The molecule has 5 aromatic rings. The summed E-state index contributed by atoms with van der Waals surface area (Å²) in [7, 11) is 1.82. The SMILES string of the molecule is Cn1cc(-c2cnc(N)c3c(-c4ccc(C(=O)Nc5ccccn5)cc4Cl)nn([C@@H]4CCCN(C(=O)O)C4)c23)cn1. The zero-order valence-electron chi connectivity index (χ0n) is 22.0. The molecule has 1 fully saturated rings. The van der Waals surface area contributed by atoms with Crippen molar-refractivity contribution in [2.24, 2.45) is 7.05 Å². The summed E-state index contributed by atoms with van der Waals surface area (Å²) in [5.41, 5.74) is 10.2. The molecule has 2 amide bonds. The fraction of sp³-hybridized carbons (Fsp3) is 0.214. The first-order valence-corrected chi connectivity index (χ1v) is 13.3. The number of benzene rings is 1. The highest BCUT2D eigenvalue weighted by Gasteiger charge is 2.30. The van der Waals surface area contributed by atoms with Gasteiger partial charge in [0.05, 0.1) is 28.2 Å². The van der Waals surface area contributed by atoms with Gasteiger partial charge in [-0.2, -0.15) is 10.2 Å². The van der Waals surface area contributed by atoms with Crippen molar-refractivity contribution in [2.45, 2.75) is 18.9 Å². The quantitative estimate of drug-likeness (QED) is 0.274. The first-order valence-electron chi connectivity index (χ1n) is 13.0. The number of fused-ring (bicyclic) bond motifs is 1. The van der Waals surface area contributed by atoms with Crippen LogP contribution in [0.4, 0.5) is 16.4 Å². The van der Waals surface area contributed by atoms with Crippen molar-refractivity contribution in [3.63, 3.8) is 0 Å². The summed E-state index contributed by atoms with van der Waals surface area (Å²) in [6, 6.07) is 9.95. The van der Waals surface area contributed by atoms with E-state index in [2.05, 4.69) is 20.4 Å². The van der Waals surface area contributed by atoms with Crippen LogP contribution in [0, 0.1) is 0 Å². The number of aromatic nitrogens is 6. The zero-order valence-corrected chi connectivity index (χ0v) is 22.8. The number of aryl methyl sites for hydroxylation is 1. The van der Waals surface area contributed by atoms with Crippen molar-refractivity contribution < 1.29 is 14.7 Å². The Morgan fingerprint density at radius 1 is 1.15 bits per heavy atom. The summed E-state index contributed by atoms with van der Waals surface area (Å²) in [6.07, 6.45) is 7.33. The monoisotopic (exact) mass is 571 g/mol. The van der Waals surface area contributed by atoms with Gasteiger partial charge in [0.2, 0.25) is 0 Å². The molecule has 6 rings (SSSR count). The Labute approximate surface area is 239 Å². The number of rotatable bonds is 5. The number of nitrogens with one attached hydrogen (secondary N) is 1. The maximum Gasteiger partial charge on any atom is 0.407 e. The van der Waals surface area contributed by atoms with Crippen LogP contribution in [0.15, 0.2) is 61.2 Å². The number of carbonyl (C=O) groups excluding carboxylic acids is 1. The van der Waals surface area contributed by atoms with Crippen molar-refractivity contribution in [2.75, 3.05) is 24.1 Å². The van der Waals surface area contributed by atoms with Crippen molar-refractivity contribution in [3.8, 4) is 22.4 Å². The summed E-state index contributed by atoms with van der Waals surface area (Å²) in [6.45, 7) is 0.742. The molecule has 0 saturated carbocycles. The fourth-order valence-electron chi connectivity index (χ4n) is 5.22. The van der Waals surface area contributed by atoms with Crippen molar-refractivity contribution >= 4 is 46.1 Å². The topological polar surface area (TPSA) is 157 Å². The number of likely N-dealkylation sites (tertiary alicyclic amines) is 1. The van der Waals surface area contributed by atoms with E-state index in [4.69, 9.17) is 22.4 Å². The zero-order chi connectivity index (χ0) is 28.7. The van der Waals surface area contributed by atoms with Gasteiger partial charge in [-0.25, -0.2) is 14.8 Å². The summed E-state index contributed by atoms with van der Waals surface area (Å²) >= 11 is 6.78. The third kappa shape index (κ3) is 4.93. The largest absolute Gasteiger partial charge is 0.465 e. The smallest absolute Gasteiger partial charge is 0.407 e. The van der Waals surface area contributed by atoms with E-state index in [0.29, 0.717) is 51.5 Å². The standard InChI is InChI=1S/C28H26ClN9O3/c1-36-14-17(12-33-36)20-13-32-26(30)23-24(35-38(25(20)23)18-5-4-10-37(15-18)28(40)41)19-8-7-16(11-21(19)29)27(39)34-22-6-2-3-9-31-22/h2-3,6-9,11-14,18H,4-5,10,15H2,1H3,(H2,30,32)(H,40,41)(H,31,34,39)/t18-/m1/s1. The maximum atomic E-state index is 12.9. The number of hydrogen-bond acceptors (Lipinski definition) is 7. The number of piperidine rings is 1. The van der Waals surface area contributed by atoms with Gasteiger partial charge in [-0.15, -0.1) is 0 Å². The summed E-state index contributed by atoms with van der Waals surface area (Å²) in [4.78, 5) is 34.7. The molecule has 4 N–H and O–H groups in total. The fourth-order valence-corrected chi connectivity index (χ4v) is 5.49. The van der Waals surface area contributed by atoms with Gasteiger partial charge in [-0.05, 0) is 37.1 Å². The predicted molar refractivity (Wildman–Crippen MR) is 155 cm³/mol. The Bertz CT molecular complexity index is 1780. The number of carboxylic acid groups (broad SMARTS) is 1. The van der Waals surface area contributed by atoms with E-state index in [1.54, 1.807) is 59.7 Å². The molecule has 4 aromatic heterocycles. The molecule has 5 heterocycles. The lowest BCUT2D eigenvalue weighted by molar-refractivity contribution is 0.102. The van der Waals surface area contributed by atoms with Crippen molar-refractivity contribution in [1.29, 1.82) is 0 Å². The molecule has 0 spiro atoms. The van der Waals surface area contributed by atoms with Gasteiger partial charge in [0.25, 0.3) is 5.91 Å². The second-order valence-electron chi connectivity index (χ2n) is 9.86. The minimum absolute atomic E-state index is 0.240. The molecule has 12 nitrogen and oxygen atoms in total. The Morgan fingerprint density at radius 3 is 2.71 bits per heavy atom. The number of amides is 2. The molecule has 0 radical (unpaired) electrons. The molecule has 13 heteroatoms. The first kappa shape index (κ1) is 26.3. The van der Waals surface area contributed by atoms with E-state index >= 15 is 0 Å². The normalized spacial score (nSPS) is 15.3. The number of hydrogen-bond donors (Lipinski definition) is 3. The summed E-state index contributed by atoms with van der Waals surface area (Å²) in [5, 5.41) is 22.6. The lowest BCUT2D eigenvalue weighted by Gasteiger charge is -2.31. The number of anilines is 2. The van der Waals surface area contributed by atoms with Crippen molar-refractivity contribution in [3.05, 3.63) is 71.8 Å². The second kappa shape index (κ2) is 10.5. The second-order valence-corrected chi connectivity index (χ2v) is 10.3. The average molecular weight is 572 g/mol. The lowest BCUT2D eigenvalue weighted by Crippen LogP contribution is -2.40. The first-order chi connectivity index (χ1) is 19.8. The van der Waals surface area contributed by atoms with Crippen LogP contribution in [0.2, 0.25) is 5.02 Å². The Kier molecular flexibility index (Phi) is 6.75. The number of pyridine rings is 2. The molecule has 1 aromatic carbocycles. The van der Waals surface area contributed by atoms with Crippen LogP contribution in [0.3, 0.4) is 0 Å². The molecule has 1 aliphatic heterocycles. The van der Waals surface area contributed by atoms with Crippen LogP contribution in [-0.4, -0.2) is 64.6 Å². The molecule has 0 unspecified atom stereocenters. The summed E-state index contributed by atoms with van der Waals surface area (Å²) < 4.78 is 3.54. The van der Waals surface area contributed by atoms with E-state index < -0.39 is 6.09 Å². The van der Waals surface area contributed by atoms with Crippen LogP contribution in [0.25, 0.3) is 33.3 Å². The third-order valence-electron chi connectivity index (χ3n) is 7.18. The molecule has 0 bridgehead atoms. The predicted octanol–water partition coefficient (Wildman–Crippen LogP) is 4.70. The molecular weight excluding hydrogens is 546 g/mol. The Balaban J connectivity index is 1.48. The maximum absolute atomic E-state index is 12.9. The van der Waals surface area contributed by atoms with Crippen LogP contribution in [0.5, 0.6) is 0 Å². The van der Waals surface area contributed by atoms with Gasteiger partial charge in [-0.1, -0.05) is 23.7 Å². The van der Waals surface area contributed by atoms with Gasteiger partial charge < -0.3 is 21.1 Å². The molecule has 0 aliphatic carbocycles. The van der Waals surface area contributed by atoms with Crippen LogP contribution in [0.1, 0.15) is 29.2 Å². The van der Waals surface area contributed by atoms with Crippen LogP contribution >= 0.6 is 11.6 Å². The summed E-state index contributed by atoms with van der Waals surface area (Å²) in [5.74, 6) is 0.323. The average Bonchev–Trinajstić information content (AvgIpc) is 3.58. The van der Waals surface area contributed by atoms with Gasteiger partial charge in [0, 0.05) is 61.0 Å². The molecule has 1 aliphatic rings. The highest BCUT2D eigenvalue weighted by atomic mass is 35.5. The van der Waals surface area contributed by atoms with E-state index in [9.17, 15) is 14.7 Å². The molecule has 208 valence electrons. The third-order valence-corrected chi connectivity index (χ3v) is 7.49. The van der Waals surface area contributed by atoms with E-state index in [0.717, 1.165) is 17.5 Å². The van der Waals surface area contributed by atoms with Crippen molar-refractivity contribution in [1.82, 2.24) is 34.4 Å². The molecular formula is C28H26ClN9O3. The number of nitrogen functional groups attached to an aromatic ring is 1. The van der Waals surface area contributed by atoms with Gasteiger partial charge >= 0.3 is 6.09 Å². The minimum Gasteiger partial charge on any atom is -0.465 e. The van der Waals surface area contributed by atoms with Gasteiger partial charge in [-0.3, -0.25) is 14.2 Å². The van der Waals surface area contributed by atoms with Crippen LogP contribution < -0.4 is 11.1 Å². The highest BCUT2D eigenvalue weighted by Crippen LogP contribution is 2.41. The Morgan fingerprint density at radius 2 is 2.00 bits per heavy atom. The van der Waals surface area contributed by atoms with Gasteiger partial charge in [0.1, 0.15) is 17.3 Å². The van der Waals surface area contributed by atoms with Crippen LogP contribution in [-0.2, 0) is 7.05 Å².